The van der Waals surface area contributed by atoms with Crippen molar-refractivity contribution in [3.63, 3.8) is 0 Å². The third-order valence-electron chi connectivity index (χ3n) is 4.15. The molecule has 5 heteroatoms. The Kier molecular flexibility index (Phi) is 4.51. The smallest absolute Gasteiger partial charge is 0.240 e. The van der Waals surface area contributed by atoms with E-state index in [9.17, 15) is 4.79 Å². The molecule has 1 aliphatic rings. The number of hydrogen-bond acceptors (Lipinski definition) is 4. The Hall–Kier alpha value is -2.82. The summed E-state index contributed by atoms with van der Waals surface area (Å²) in [5.41, 5.74) is 2.80. The van der Waals surface area contributed by atoms with Crippen LogP contribution in [0.4, 0.5) is 0 Å². The van der Waals surface area contributed by atoms with Crippen LogP contribution in [0.1, 0.15) is 30.5 Å². The van der Waals surface area contributed by atoms with Gasteiger partial charge in [-0.25, -0.2) is 5.01 Å². The molecule has 0 bridgehead atoms. The summed E-state index contributed by atoms with van der Waals surface area (Å²) in [6.45, 7) is 1.53. The highest BCUT2D eigenvalue weighted by molar-refractivity contribution is 6.05. The number of para-hydroxylation sites is 1. The Morgan fingerprint density at radius 2 is 1.79 bits per heavy atom. The van der Waals surface area contributed by atoms with Gasteiger partial charge >= 0.3 is 0 Å². The van der Waals surface area contributed by atoms with Crippen LogP contribution in [0.15, 0.2) is 53.6 Å². The molecular weight excluding hydrogens is 304 g/mol. The normalized spacial score (nSPS) is 16.7. The topological polar surface area (TPSA) is 51.1 Å². The van der Waals surface area contributed by atoms with Gasteiger partial charge in [-0.3, -0.25) is 4.79 Å². The molecule has 24 heavy (non-hydrogen) atoms. The molecular formula is C19H20N2O3. The van der Waals surface area contributed by atoms with Gasteiger partial charge in [0.15, 0.2) is 0 Å². The first-order valence-electron chi connectivity index (χ1n) is 7.78. The van der Waals surface area contributed by atoms with Crippen LogP contribution in [0.25, 0.3) is 0 Å². The Morgan fingerprint density at radius 1 is 1.08 bits per heavy atom. The Balaban J connectivity index is 1.94. The van der Waals surface area contributed by atoms with Crippen LogP contribution in [-0.4, -0.2) is 30.8 Å². The zero-order valence-electron chi connectivity index (χ0n) is 14.0. The van der Waals surface area contributed by atoms with Crippen LogP contribution in [0.3, 0.4) is 0 Å². The van der Waals surface area contributed by atoms with Crippen molar-refractivity contribution in [2.45, 2.75) is 19.4 Å². The number of rotatable bonds is 4. The number of hydrogen-bond donors (Lipinski definition) is 0. The third kappa shape index (κ3) is 2.97. The van der Waals surface area contributed by atoms with Gasteiger partial charge in [-0.15, -0.1) is 0 Å². The number of amides is 1. The maximum Gasteiger partial charge on any atom is 0.240 e. The number of carbonyl (C=O) groups excluding carboxylic acids is 1. The van der Waals surface area contributed by atoms with E-state index in [1.54, 1.807) is 19.2 Å². The first-order chi connectivity index (χ1) is 11.6. The minimum Gasteiger partial charge on any atom is -0.497 e. The number of nitrogens with zero attached hydrogens (tertiary/aromatic N) is 2. The summed E-state index contributed by atoms with van der Waals surface area (Å²) >= 11 is 0. The van der Waals surface area contributed by atoms with Crippen molar-refractivity contribution in [1.29, 1.82) is 0 Å². The lowest BCUT2D eigenvalue weighted by Gasteiger charge is -2.20. The number of methoxy groups -OCH3 is 2. The zero-order valence-corrected chi connectivity index (χ0v) is 14.0. The summed E-state index contributed by atoms with van der Waals surface area (Å²) in [5, 5.41) is 6.10. The number of carbonyl (C=O) groups is 1. The molecule has 0 saturated carbocycles. The first kappa shape index (κ1) is 16.1. The molecule has 3 rings (SSSR count). The molecule has 0 N–H and O–H groups in total. The fourth-order valence-electron chi connectivity index (χ4n) is 2.93. The van der Waals surface area contributed by atoms with Crippen molar-refractivity contribution in [3.8, 4) is 11.5 Å². The zero-order chi connectivity index (χ0) is 17.1. The highest BCUT2D eigenvalue weighted by Gasteiger charge is 2.32. The fourth-order valence-corrected chi connectivity index (χ4v) is 2.93. The van der Waals surface area contributed by atoms with Crippen molar-refractivity contribution < 1.29 is 14.3 Å². The summed E-state index contributed by atoms with van der Waals surface area (Å²) in [4.78, 5) is 12.0. The van der Waals surface area contributed by atoms with Gasteiger partial charge in [-0.1, -0.05) is 24.3 Å². The van der Waals surface area contributed by atoms with Crippen LogP contribution in [0.5, 0.6) is 11.5 Å². The Labute approximate surface area is 141 Å². The minimum atomic E-state index is -0.117. The SMILES string of the molecule is COc1ccc(C2CC(c3ccccc3OC)=NN2C(C)=O)cc1. The average Bonchev–Trinajstić information content (AvgIpc) is 3.07. The van der Waals surface area contributed by atoms with E-state index in [1.165, 1.54) is 6.92 Å². The molecule has 0 saturated heterocycles. The van der Waals surface area contributed by atoms with Crippen molar-refractivity contribution >= 4 is 11.6 Å². The number of ether oxygens (including phenoxy) is 2. The molecule has 2 aromatic carbocycles. The summed E-state index contributed by atoms with van der Waals surface area (Å²) < 4.78 is 10.6. The Bertz CT molecular complexity index is 768. The lowest BCUT2D eigenvalue weighted by Crippen LogP contribution is -2.24. The van der Waals surface area contributed by atoms with E-state index in [1.807, 2.05) is 48.5 Å². The fraction of sp³-hybridized carbons (Fsp3) is 0.263. The molecule has 1 atom stereocenters. The highest BCUT2D eigenvalue weighted by Crippen LogP contribution is 2.35. The van der Waals surface area contributed by atoms with Crippen molar-refractivity contribution in [3.05, 3.63) is 59.7 Å². The summed E-state index contributed by atoms with van der Waals surface area (Å²) in [6.07, 6.45) is 0.645. The molecule has 0 radical (unpaired) electrons. The van der Waals surface area contributed by atoms with Crippen LogP contribution in [0.2, 0.25) is 0 Å². The average molecular weight is 324 g/mol. The van der Waals surface area contributed by atoms with E-state index >= 15 is 0 Å². The van der Waals surface area contributed by atoms with Crippen molar-refractivity contribution in [1.82, 2.24) is 5.01 Å². The van der Waals surface area contributed by atoms with E-state index in [0.717, 1.165) is 28.3 Å². The highest BCUT2D eigenvalue weighted by atomic mass is 16.5. The number of hydrazone groups is 1. The van der Waals surface area contributed by atoms with Gasteiger partial charge in [0.1, 0.15) is 11.5 Å². The maximum absolute atomic E-state index is 12.0. The van der Waals surface area contributed by atoms with Crippen molar-refractivity contribution in [2.75, 3.05) is 14.2 Å². The monoisotopic (exact) mass is 324 g/mol. The van der Waals surface area contributed by atoms with E-state index in [4.69, 9.17) is 9.47 Å². The molecule has 0 spiro atoms. The molecule has 1 heterocycles. The van der Waals surface area contributed by atoms with E-state index in [-0.39, 0.29) is 11.9 Å². The van der Waals surface area contributed by atoms with Gasteiger partial charge < -0.3 is 9.47 Å². The predicted molar refractivity (Wildman–Crippen MR) is 92.4 cm³/mol. The molecule has 2 aromatic rings. The minimum absolute atomic E-state index is 0.0827. The lowest BCUT2D eigenvalue weighted by atomic mass is 9.98. The largest absolute Gasteiger partial charge is 0.497 e. The van der Waals surface area contributed by atoms with Gasteiger partial charge in [-0.2, -0.15) is 5.10 Å². The van der Waals surface area contributed by atoms with Crippen molar-refractivity contribution in [2.24, 2.45) is 5.10 Å². The lowest BCUT2D eigenvalue weighted by molar-refractivity contribution is -0.130. The van der Waals surface area contributed by atoms with Crippen LogP contribution in [-0.2, 0) is 4.79 Å². The molecule has 5 nitrogen and oxygen atoms in total. The van der Waals surface area contributed by atoms with E-state index in [0.29, 0.717) is 6.42 Å². The van der Waals surface area contributed by atoms with Crippen LogP contribution in [0, 0.1) is 0 Å². The summed E-state index contributed by atoms with van der Waals surface area (Å²) in [7, 11) is 3.27. The third-order valence-corrected chi connectivity index (χ3v) is 4.15. The maximum atomic E-state index is 12.0. The van der Waals surface area contributed by atoms with Gasteiger partial charge in [0.25, 0.3) is 0 Å². The second-order valence-corrected chi connectivity index (χ2v) is 5.60. The molecule has 124 valence electrons. The molecule has 0 aliphatic carbocycles. The molecule has 0 fully saturated rings. The Morgan fingerprint density at radius 3 is 2.42 bits per heavy atom. The van der Waals surface area contributed by atoms with Gasteiger partial charge in [-0.05, 0) is 29.8 Å². The molecule has 1 aliphatic heterocycles. The van der Waals surface area contributed by atoms with E-state index in [2.05, 4.69) is 5.10 Å². The molecule has 1 amide bonds. The van der Waals surface area contributed by atoms with Crippen LogP contribution >= 0.6 is 0 Å². The van der Waals surface area contributed by atoms with Gasteiger partial charge in [0, 0.05) is 18.9 Å². The van der Waals surface area contributed by atoms with Crippen LogP contribution < -0.4 is 9.47 Å². The van der Waals surface area contributed by atoms with E-state index < -0.39 is 0 Å². The quantitative estimate of drug-likeness (QED) is 0.866. The predicted octanol–water partition coefficient (Wildman–Crippen LogP) is 3.40. The number of benzene rings is 2. The second-order valence-electron chi connectivity index (χ2n) is 5.60. The standard InChI is InChI=1S/C19H20N2O3/c1-13(22)21-18(14-8-10-15(23-2)11-9-14)12-17(20-21)16-6-4-5-7-19(16)24-3/h4-11,18H,12H2,1-3H3. The molecule has 1 unspecified atom stereocenters. The summed E-state index contributed by atoms with van der Waals surface area (Å²) in [6, 6.07) is 15.3. The van der Waals surface area contributed by atoms with Gasteiger partial charge in [0.05, 0.1) is 26.0 Å². The second kappa shape index (κ2) is 6.74. The van der Waals surface area contributed by atoms with Gasteiger partial charge in [0.2, 0.25) is 5.91 Å². The molecule has 0 aromatic heterocycles. The first-order valence-corrected chi connectivity index (χ1v) is 7.78. The summed E-state index contributed by atoms with van der Waals surface area (Å²) in [5.74, 6) is 1.47.